The second-order valence-electron chi connectivity index (χ2n) is 7.65. The number of anilines is 1. The molecule has 0 saturated heterocycles. The smallest absolute Gasteiger partial charge is 0.257 e. The maximum absolute atomic E-state index is 12.5. The lowest BCUT2D eigenvalue weighted by atomic mass is 10.0. The topological polar surface area (TPSA) is 113 Å². The number of ketones is 1. The van der Waals surface area contributed by atoms with Gasteiger partial charge in [0.2, 0.25) is 17.7 Å². The van der Waals surface area contributed by atoms with Gasteiger partial charge in [0.05, 0.1) is 18.2 Å². The predicted molar refractivity (Wildman–Crippen MR) is 111 cm³/mol. The number of nitrogens with one attached hydrogen (secondary N) is 2. The molecule has 1 heterocycles. The van der Waals surface area contributed by atoms with Crippen LogP contribution in [0.25, 0.3) is 0 Å². The first kappa shape index (κ1) is 23.0. The minimum atomic E-state index is -0.769. The van der Waals surface area contributed by atoms with E-state index in [0.717, 1.165) is 4.90 Å². The van der Waals surface area contributed by atoms with Crippen molar-refractivity contribution in [3.63, 3.8) is 0 Å². The fourth-order valence-electron chi connectivity index (χ4n) is 2.93. The van der Waals surface area contributed by atoms with E-state index in [2.05, 4.69) is 10.6 Å². The first-order chi connectivity index (χ1) is 14.1. The molecule has 1 aliphatic rings. The minimum absolute atomic E-state index is 0.0286. The summed E-state index contributed by atoms with van der Waals surface area (Å²) in [6.07, 6.45) is 3.07. The molecule has 0 saturated carbocycles. The van der Waals surface area contributed by atoms with Crippen molar-refractivity contribution in [2.75, 3.05) is 4.90 Å². The van der Waals surface area contributed by atoms with Crippen molar-refractivity contribution in [1.29, 1.82) is 0 Å². The third-order valence-corrected chi connectivity index (χ3v) is 4.82. The van der Waals surface area contributed by atoms with Crippen molar-refractivity contribution in [1.82, 2.24) is 10.6 Å². The molecular weight excluding hydrogens is 386 g/mol. The van der Waals surface area contributed by atoms with E-state index >= 15 is 0 Å². The third kappa shape index (κ3) is 5.85. The lowest BCUT2D eigenvalue weighted by Crippen LogP contribution is -2.53. The molecule has 0 aliphatic carbocycles. The van der Waals surface area contributed by atoms with Crippen molar-refractivity contribution in [2.45, 2.75) is 52.6 Å². The van der Waals surface area contributed by atoms with Gasteiger partial charge >= 0.3 is 0 Å². The number of imide groups is 1. The van der Waals surface area contributed by atoms with Crippen molar-refractivity contribution >= 4 is 35.1 Å². The zero-order valence-corrected chi connectivity index (χ0v) is 17.6. The van der Waals surface area contributed by atoms with Crippen molar-refractivity contribution in [3.8, 4) is 0 Å². The predicted octanol–water partition coefficient (Wildman–Crippen LogP) is 1.28. The Morgan fingerprint density at radius 2 is 1.67 bits per heavy atom. The van der Waals surface area contributed by atoms with Gasteiger partial charge in [-0.15, -0.1) is 0 Å². The highest BCUT2D eigenvalue weighted by Gasteiger charge is 2.26. The molecule has 0 bridgehead atoms. The Hall–Kier alpha value is -3.29. The largest absolute Gasteiger partial charge is 0.345 e. The molecule has 0 spiro atoms. The average molecular weight is 413 g/mol. The molecule has 0 unspecified atom stereocenters. The average Bonchev–Trinajstić information content (AvgIpc) is 2.66. The molecule has 1 aromatic carbocycles. The Labute approximate surface area is 175 Å². The van der Waals surface area contributed by atoms with E-state index in [-0.39, 0.29) is 36.4 Å². The lowest BCUT2D eigenvalue weighted by molar-refractivity contribution is -0.131. The molecule has 0 fully saturated rings. The Bertz CT molecular complexity index is 873. The molecule has 1 aliphatic heterocycles. The van der Waals surface area contributed by atoms with Gasteiger partial charge in [0.1, 0.15) is 6.04 Å². The Balaban J connectivity index is 2.01. The molecule has 30 heavy (non-hydrogen) atoms. The van der Waals surface area contributed by atoms with Gasteiger partial charge in [0.25, 0.3) is 5.91 Å². The first-order valence-electron chi connectivity index (χ1n) is 9.82. The van der Waals surface area contributed by atoms with Gasteiger partial charge < -0.3 is 10.6 Å². The number of carbonyl (C=O) groups is 5. The molecule has 2 N–H and O–H groups in total. The van der Waals surface area contributed by atoms with Gasteiger partial charge in [-0.25, -0.2) is 4.90 Å². The maximum Gasteiger partial charge on any atom is 0.257 e. The fourth-order valence-corrected chi connectivity index (χ4v) is 2.93. The number of hydrogen-bond acceptors (Lipinski definition) is 5. The highest BCUT2D eigenvalue weighted by atomic mass is 16.2. The van der Waals surface area contributed by atoms with E-state index in [1.165, 1.54) is 19.1 Å². The SMILES string of the molecule is CC(=O)[C@H](C)NC(=O)[C@@H](NC(=O)Cc1ccc(N2C(=O)C=CCC2=O)cc1)C(C)C. The second-order valence-corrected chi connectivity index (χ2v) is 7.65. The highest BCUT2D eigenvalue weighted by Crippen LogP contribution is 2.20. The molecule has 8 nitrogen and oxygen atoms in total. The summed E-state index contributed by atoms with van der Waals surface area (Å²) in [5.41, 5.74) is 1.11. The van der Waals surface area contributed by atoms with Gasteiger partial charge in [-0.05, 0) is 37.5 Å². The van der Waals surface area contributed by atoms with Crippen LogP contribution in [0.4, 0.5) is 5.69 Å². The van der Waals surface area contributed by atoms with Crippen LogP contribution >= 0.6 is 0 Å². The summed E-state index contributed by atoms with van der Waals surface area (Å²) in [5.74, 6) is -1.80. The Morgan fingerprint density at radius 1 is 1.03 bits per heavy atom. The summed E-state index contributed by atoms with van der Waals surface area (Å²) in [6, 6.07) is 5.15. The van der Waals surface area contributed by atoms with Crippen LogP contribution in [0, 0.1) is 5.92 Å². The van der Waals surface area contributed by atoms with Gasteiger partial charge in [-0.2, -0.15) is 0 Å². The number of benzene rings is 1. The molecule has 0 aromatic heterocycles. The van der Waals surface area contributed by atoms with Crippen LogP contribution in [-0.4, -0.2) is 41.5 Å². The number of hydrogen-bond donors (Lipinski definition) is 2. The summed E-state index contributed by atoms with van der Waals surface area (Å²) < 4.78 is 0. The molecule has 2 atom stereocenters. The molecule has 0 radical (unpaired) electrons. The lowest BCUT2D eigenvalue weighted by Gasteiger charge is -2.23. The summed E-state index contributed by atoms with van der Waals surface area (Å²) in [5, 5.41) is 5.32. The third-order valence-electron chi connectivity index (χ3n) is 4.82. The highest BCUT2D eigenvalue weighted by molar-refractivity contribution is 6.21. The van der Waals surface area contributed by atoms with Gasteiger partial charge in [-0.3, -0.25) is 24.0 Å². The van der Waals surface area contributed by atoms with Crippen molar-refractivity contribution in [2.24, 2.45) is 5.92 Å². The summed E-state index contributed by atoms with van der Waals surface area (Å²) in [4.78, 5) is 61.2. The zero-order valence-electron chi connectivity index (χ0n) is 17.6. The van der Waals surface area contributed by atoms with E-state index in [1.54, 1.807) is 45.0 Å². The number of nitrogens with zero attached hydrogens (tertiary/aromatic N) is 1. The standard InChI is InChI=1S/C22H27N3O5/c1-13(2)21(22(30)23-14(3)15(4)26)24-18(27)12-16-8-10-17(11-9-16)25-19(28)6-5-7-20(25)29/h5-6,8-11,13-14,21H,7,12H2,1-4H3,(H,23,30)(H,24,27)/t14-,21-/m0/s1. The monoisotopic (exact) mass is 413 g/mol. The zero-order chi connectivity index (χ0) is 22.4. The quantitative estimate of drug-likeness (QED) is 0.624. The summed E-state index contributed by atoms with van der Waals surface area (Å²) in [7, 11) is 0. The second kappa shape index (κ2) is 9.96. The first-order valence-corrected chi connectivity index (χ1v) is 9.82. The van der Waals surface area contributed by atoms with Crippen LogP contribution in [0.15, 0.2) is 36.4 Å². The molecular formula is C22H27N3O5. The van der Waals surface area contributed by atoms with Gasteiger partial charge in [0, 0.05) is 12.5 Å². The van der Waals surface area contributed by atoms with Crippen molar-refractivity contribution in [3.05, 3.63) is 42.0 Å². The van der Waals surface area contributed by atoms with E-state index in [1.807, 2.05) is 0 Å². The van der Waals surface area contributed by atoms with E-state index in [9.17, 15) is 24.0 Å². The summed E-state index contributed by atoms with van der Waals surface area (Å²) in [6.45, 7) is 6.59. The van der Waals surface area contributed by atoms with Crippen LogP contribution in [0.2, 0.25) is 0 Å². The molecule has 4 amide bonds. The number of Topliss-reactive ketones (excluding diaryl/α,β-unsaturated/α-hetero) is 1. The van der Waals surface area contributed by atoms with Crippen LogP contribution in [0.5, 0.6) is 0 Å². The fraction of sp³-hybridized carbons (Fsp3) is 0.409. The van der Waals surface area contributed by atoms with Crippen LogP contribution < -0.4 is 15.5 Å². The molecule has 160 valence electrons. The van der Waals surface area contributed by atoms with Gasteiger partial charge in [-0.1, -0.05) is 32.1 Å². The number of rotatable bonds is 8. The molecule has 2 rings (SSSR count). The maximum atomic E-state index is 12.5. The van der Waals surface area contributed by atoms with Crippen LogP contribution in [-0.2, 0) is 30.4 Å². The molecule has 1 aromatic rings. The molecule has 8 heteroatoms. The Kier molecular flexibility index (Phi) is 7.63. The number of amides is 4. The van der Waals surface area contributed by atoms with Crippen LogP contribution in [0.3, 0.4) is 0 Å². The number of carbonyl (C=O) groups excluding carboxylic acids is 5. The minimum Gasteiger partial charge on any atom is -0.345 e. The van der Waals surface area contributed by atoms with Gasteiger partial charge in [0.15, 0.2) is 5.78 Å². The summed E-state index contributed by atoms with van der Waals surface area (Å²) >= 11 is 0. The normalized spacial score (nSPS) is 15.7. The van der Waals surface area contributed by atoms with E-state index in [0.29, 0.717) is 11.3 Å². The van der Waals surface area contributed by atoms with E-state index in [4.69, 9.17) is 0 Å². The van der Waals surface area contributed by atoms with E-state index < -0.39 is 23.9 Å². The van der Waals surface area contributed by atoms with Crippen molar-refractivity contribution < 1.29 is 24.0 Å². The van der Waals surface area contributed by atoms with Crippen LogP contribution in [0.1, 0.15) is 39.7 Å². The Morgan fingerprint density at radius 3 is 2.20 bits per heavy atom.